The number of aryl methyl sites for hydroxylation is 2. The smallest absolute Gasteiger partial charge is 0.272 e. The number of nitrogens with one attached hydrogen (secondary N) is 2. The summed E-state index contributed by atoms with van der Waals surface area (Å²) >= 11 is 0. The molecule has 4 nitrogen and oxygen atoms in total. The number of H-pyrrole nitrogens is 1. The standard InChI is InChI=1S/C13H15N3O/c1-8-3-4-9(2)11(5-8)16-13(17)12-6-10(14)7-15-12/h3-7,15H,14H2,1-2H3,(H,16,17). The van der Waals surface area contributed by atoms with Crippen molar-refractivity contribution in [1.29, 1.82) is 0 Å². The molecule has 0 spiro atoms. The van der Waals surface area contributed by atoms with Crippen LogP contribution in [-0.4, -0.2) is 10.9 Å². The van der Waals surface area contributed by atoms with Crippen molar-refractivity contribution >= 4 is 17.3 Å². The van der Waals surface area contributed by atoms with Gasteiger partial charge in [0.05, 0.1) is 0 Å². The highest BCUT2D eigenvalue weighted by Crippen LogP contribution is 2.17. The van der Waals surface area contributed by atoms with Crippen molar-refractivity contribution in [2.45, 2.75) is 13.8 Å². The van der Waals surface area contributed by atoms with Crippen molar-refractivity contribution in [2.24, 2.45) is 0 Å². The Balaban J connectivity index is 2.21. The molecule has 1 aromatic carbocycles. The Bertz CT molecular complexity index is 558. The number of nitrogens with two attached hydrogens (primary N) is 1. The van der Waals surface area contributed by atoms with Gasteiger partial charge in [-0.25, -0.2) is 0 Å². The third kappa shape index (κ3) is 2.47. The Kier molecular flexibility index (Phi) is 2.87. The van der Waals surface area contributed by atoms with Crippen LogP contribution in [0.4, 0.5) is 11.4 Å². The highest BCUT2D eigenvalue weighted by atomic mass is 16.1. The van der Waals surface area contributed by atoms with E-state index in [1.54, 1.807) is 12.3 Å². The summed E-state index contributed by atoms with van der Waals surface area (Å²) in [7, 11) is 0. The molecule has 1 heterocycles. The lowest BCUT2D eigenvalue weighted by molar-refractivity contribution is 0.102. The average Bonchev–Trinajstić information content (AvgIpc) is 2.70. The first-order valence-corrected chi connectivity index (χ1v) is 5.39. The number of anilines is 2. The fourth-order valence-electron chi connectivity index (χ4n) is 1.60. The van der Waals surface area contributed by atoms with Crippen LogP contribution in [-0.2, 0) is 0 Å². The van der Waals surface area contributed by atoms with Crippen LogP contribution >= 0.6 is 0 Å². The molecule has 0 unspecified atom stereocenters. The maximum absolute atomic E-state index is 11.9. The molecule has 2 rings (SSSR count). The number of aromatic amines is 1. The van der Waals surface area contributed by atoms with E-state index in [9.17, 15) is 4.79 Å². The fraction of sp³-hybridized carbons (Fsp3) is 0.154. The van der Waals surface area contributed by atoms with Crippen LogP contribution in [0.15, 0.2) is 30.5 Å². The van der Waals surface area contributed by atoms with Crippen molar-refractivity contribution in [3.63, 3.8) is 0 Å². The van der Waals surface area contributed by atoms with Crippen LogP contribution in [0.25, 0.3) is 0 Å². The van der Waals surface area contributed by atoms with Crippen LogP contribution < -0.4 is 11.1 Å². The van der Waals surface area contributed by atoms with Crippen LogP contribution in [0.3, 0.4) is 0 Å². The molecule has 0 bridgehead atoms. The highest BCUT2D eigenvalue weighted by Gasteiger charge is 2.09. The molecule has 17 heavy (non-hydrogen) atoms. The minimum absolute atomic E-state index is 0.185. The van der Waals surface area contributed by atoms with E-state index >= 15 is 0 Å². The molecule has 2 aromatic rings. The Morgan fingerprint density at radius 3 is 2.71 bits per heavy atom. The summed E-state index contributed by atoms with van der Waals surface area (Å²) in [6.07, 6.45) is 1.60. The molecule has 0 aliphatic carbocycles. The van der Waals surface area contributed by atoms with Crippen molar-refractivity contribution in [1.82, 2.24) is 4.98 Å². The first-order valence-electron chi connectivity index (χ1n) is 5.39. The van der Waals surface area contributed by atoms with Gasteiger partial charge >= 0.3 is 0 Å². The number of nitrogen functional groups attached to an aromatic ring is 1. The number of aromatic nitrogens is 1. The minimum atomic E-state index is -0.185. The zero-order valence-electron chi connectivity index (χ0n) is 9.87. The van der Waals surface area contributed by atoms with Crippen LogP contribution in [0, 0.1) is 13.8 Å². The summed E-state index contributed by atoms with van der Waals surface area (Å²) in [5, 5.41) is 2.85. The SMILES string of the molecule is Cc1ccc(C)c(NC(=O)c2cc(N)c[nH]2)c1. The fourth-order valence-corrected chi connectivity index (χ4v) is 1.60. The van der Waals surface area contributed by atoms with Crippen molar-refractivity contribution in [2.75, 3.05) is 11.1 Å². The van der Waals surface area contributed by atoms with E-state index in [2.05, 4.69) is 10.3 Å². The van der Waals surface area contributed by atoms with Gasteiger partial charge in [0.1, 0.15) is 5.69 Å². The molecule has 0 aliphatic heterocycles. The predicted octanol–water partition coefficient (Wildman–Crippen LogP) is 2.47. The van der Waals surface area contributed by atoms with E-state index in [4.69, 9.17) is 5.73 Å². The van der Waals surface area contributed by atoms with E-state index in [-0.39, 0.29) is 5.91 Å². The summed E-state index contributed by atoms with van der Waals surface area (Å²) in [6, 6.07) is 7.55. The summed E-state index contributed by atoms with van der Waals surface area (Å²) in [4.78, 5) is 14.7. The average molecular weight is 229 g/mol. The maximum Gasteiger partial charge on any atom is 0.272 e. The summed E-state index contributed by atoms with van der Waals surface area (Å²) in [6.45, 7) is 3.94. The number of carbonyl (C=O) groups is 1. The van der Waals surface area contributed by atoms with E-state index in [1.807, 2.05) is 32.0 Å². The van der Waals surface area contributed by atoms with Crippen LogP contribution in [0.5, 0.6) is 0 Å². The molecular weight excluding hydrogens is 214 g/mol. The van der Waals surface area contributed by atoms with Crippen molar-refractivity contribution in [3.8, 4) is 0 Å². The first-order chi connectivity index (χ1) is 8.06. The van der Waals surface area contributed by atoms with Gasteiger partial charge in [-0.3, -0.25) is 4.79 Å². The monoisotopic (exact) mass is 229 g/mol. The van der Waals surface area contributed by atoms with E-state index < -0.39 is 0 Å². The Morgan fingerprint density at radius 1 is 1.29 bits per heavy atom. The van der Waals surface area contributed by atoms with Gasteiger partial charge in [-0.15, -0.1) is 0 Å². The predicted molar refractivity (Wildman–Crippen MR) is 69.1 cm³/mol. The van der Waals surface area contributed by atoms with E-state index in [0.29, 0.717) is 11.4 Å². The summed E-state index contributed by atoms with van der Waals surface area (Å²) < 4.78 is 0. The van der Waals surface area contributed by atoms with Gasteiger partial charge in [-0.1, -0.05) is 12.1 Å². The van der Waals surface area contributed by atoms with Crippen LogP contribution in [0.1, 0.15) is 21.6 Å². The van der Waals surface area contributed by atoms with Gasteiger partial charge in [0.25, 0.3) is 5.91 Å². The lowest BCUT2D eigenvalue weighted by atomic mass is 10.1. The molecule has 0 fully saturated rings. The van der Waals surface area contributed by atoms with Gasteiger partial charge in [0.15, 0.2) is 0 Å². The zero-order valence-corrected chi connectivity index (χ0v) is 9.87. The maximum atomic E-state index is 11.9. The summed E-state index contributed by atoms with van der Waals surface area (Å²) in [5.74, 6) is -0.185. The molecule has 1 aromatic heterocycles. The second-order valence-corrected chi connectivity index (χ2v) is 4.12. The number of hydrogen-bond donors (Lipinski definition) is 3. The number of carbonyl (C=O) groups excluding carboxylic acids is 1. The number of amides is 1. The number of rotatable bonds is 2. The van der Waals surface area contributed by atoms with Crippen molar-refractivity contribution in [3.05, 3.63) is 47.3 Å². The molecule has 4 N–H and O–H groups in total. The molecule has 0 radical (unpaired) electrons. The van der Waals surface area contributed by atoms with Crippen molar-refractivity contribution < 1.29 is 4.79 Å². The second-order valence-electron chi connectivity index (χ2n) is 4.12. The van der Waals surface area contributed by atoms with Gasteiger partial charge in [0.2, 0.25) is 0 Å². The van der Waals surface area contributed by atoms with Gasteiger partial charge in [-0.05, 0) is 37.1 Å². The quantitative estimate of drug-likeness (QED) is 0.740. The lowest BCUT2D eigenvalue weighted by Crippen LogP contribution is -2.13. The molecule has 0 saturated heterocycles. The van der Waals surface area contributed by atoms with Gasteiger partial charge in [-0.2, -0.15) is 0 Å². The molecule has 88 valence electrons. The molecular formula is C13H15N3O. The van der Waals surface area contributed by atoms with E-state index in [1.165, 1.54) is 0 Å². The number of hydrogen-bond acceptors (Lipinski definition) is 2. The molecule has 0 atom stereocenters. The highest BCUT2D eigenvalue weighted by molar-refractivity contribution is 6.03. The molecule has 4 heteroatoms. The third-order valence-electron chi connectivity index (χ3n) is 2.59. The van der Waals surface area contributed by atoms with Gasteiger partial charge in [0, 0.05) is 17.6 Å². The largest absolute Gasteiger partial charge is 0.397 e. The van der Waals surface area contributed by atoms with Crippen LogP contribution in [0.2, 0.25) is 0 Å². The second kappa shape index (κ2) is 4.33. The van der Waals surface area contributed by atoms with E-state index in [0.717, 1.165) is 16.8 Å². The Labute approximate surface area is 99.8 Å². The topological polar surface area (TPSA) is 70.9 Å². The van der Waals surface area contributed by atoms with Gasteiger partial charge < -0.3 is 16.0 Å². The minimum Gasteiger partial charge on any atom is -0.397 e. The Morgan fingerprint density at radius 2 is 2.06 bits per heavy atom. The zero-order chi connectivity index (χ0) is 12.4. The molecule has 0 saturated carbocycles. The molecule has 1 amide bonds. The number of benzene rings is 1. The third-order valence-corrected chi connectivity index (χ3v) is 2.59. The lowest BCUT2D eigenvalue weighted by Gasteiger charge is -2.08. The normalized spacial score (nSPS) is 10.2. The summed E-state index contributed by atoms with van der Waals surface area (Å²) in [5.41, 5.74) is 9.53. The Hall–Kier alpha value is -2.23. The molecule has 0 aliphatic rings. The first kappa shape index (κ1) is 11.3.